The molecule has 1 saturated carbocycles. The van der Waals surface area contributed by atoms with Crippen molar-refractivity contribution in [3.63, 3.8) is 0 Å². The Labute approximate surface area is 117 Å². The van der Waals surface area contributed by atoms with E-state index in [9.17, 15) is 0 Å². The Kier molecular flexibility index (Phi) is 4.65. The van der Waals surface area contributed by atoms with Crippen molar-refractivity contribution in [2.24, 2.45) is 5.73 Å². The number of hydrogen-bond acceptors (Lipinski definition) is 4. The maximum Gasteiger partial charge on any atom is 0.193 e. The van der Waals surface area contributed by atoms with E-state index in [1.807, 2.05) is 0 Å². The maximum atomic E-state index is 6.36. The molecule has 0 atom stereocenters. The lowest BCUT2D eigenvalue weighted by atomic mass is 9.93. The van der Waals surface area contributed by atoms with Crippen molar-refractivity contribution in [3.8, 4) is 5.75 Å². The predicted octanol–water partition coefficient (Wildman–Crippen LogP) is 3.21. The molecule has 0 unspecified atom stereocenters. The van der Waals surface area contributed by atoms with Crippen LogP contribution in [0.5, 0.6) is 5.75 Å². The zero-order valence-corrected chi connectivity index (χ0v) is 11.7. The molecule has 2 rings (SSSR count). The van der Waals surface area contributed by atoms with Crippen molar-refractivity contribution < 1.29 is 4.74 Å². The normalized spacial score (nSPS) is 19.3. The quantitative estimate of drug-likeness (QED) is 0.868. The first-order valence-corrected chi connectivity index (χ1v) is 6.95. The van der Waals surface area contributed by atoms with Crippen LogP contribution in [0.2, 0.25) is 10.3 Å². The number of halogens is 2. The van der Waals surface area contributed by atoms with Crippen LogP contribution in [0, 0.1) is 0 Å². The van der Waals surface area contributed by atoms with Crippen molar-refractivity contribution in [2.75, 3.05) is 6.61 Å². The highest BCUT2D eigenvalue weighted by Gasteiger charge is 2.27. The summed E-state index contributed by atoms with van der Waals surface area (Å²) in [4.78, 5) is 0. The van der Waals surface area contributed by atoms with Gasteiger partial charge in [-0.25, -0.2) is 0 Å². The van der Waals surface area contributed by atoms with Gasteiger partial charge in [-0.15, -0.1) is 10.2 Å². The van der Waals surface area contributed by atoms with Crippen molar-refractivity contribution in [3.05, 3.63) is 16.4 Å². The van der Waals surface area contributed by atoms with Crippen LogP contribution in [-0.2, 0) is 0 Å². The molecule has 0 bridgehead atoms. The monoisotopic (exact) mass is 289 g/mol. The maximum absolute atomic E-state index is 6.36. The number of ether oxygens (including phenoxy) is 1. The summed E-state index contributed by atoms with van der Waals surface area (Å²) in [5.41, 5.74) is 6.09. The molecule has 0 amide bonds. The van der Waals surface area contributed by atoms with Gasteiger partial charge >= 0.3 is 0 Å². The van der Waals surface area contributed by atoms with Gasteiger partial charge in [-0.05, 0) is 12.8 Å². The molecule has 2 N–H and O–H groups in total. The highest BCUT2D eigenvalue weighted by molar-refractivity contribution is 6.32. The van der Waals surface area contributed by atoms with E-state index in [0.717, 1.165) is 25.7 Å². The van der Waals surface area contributed by atoms with Crippen LogP contribution in [0.4, 0.5) is 0 Å². The molecule has 1 heterocycles. The molecule has 1 fully saturated rings. The van der Waals surface area contributed by atoms with Gasteiger partial charge in [0, 0.05) is 6.07 Å². The number of rotatable bonds is 3. The van der Waals surface area contributed by atoms with Crippen LogP contribution >= 0.6 is 23.2 Å². The summed E-state index contributed by atoms with van der Waals surface area (Å²) >= 11 is 11.6. The largest absolute Gasteiger partial charge is 0.488 e. The summed E-state index contributed by atoms with van der Waals surface area (Å²) in [6.45, 7) is 0.439. The van der Waals surface area contributed by atoms with Crippen LogP contribution in [-0.4, -0.2) is 22.3 Å². The first kappa shape index (κ1) is 13.8. The van der Waals surface area contributed by atoms with Crippen LogP contribution in [0.15, 0.2) is 6.07 Å². The highest BCUT2D eigenvalue weighted by atomic mass is 35.5. The van der Waals surface area contributed by atoms with Gasteiger partial charge in [0.25, 0.3) is 0 Å². The molecule has 0 aromatic carbocycles. The Morgan fingerprint density at radius 2 is 1.83 bits per heavy atom. The first-order chi connectivity index (χ1) is 8.59. The summed E-state index contributed by atoms with van der Waals surface area (Å²) < 4.78 is 5.67. The fourth-order valence-electron chi connectivity index (χ4n) is 2.24. The molecule has 1 aromatic heterocycles. The van der Waals surface area contributed by atoms with E-state index in [1.165, 1.54) is 12.8 Å². The summed E-state index contributed by atoms with van der Waals surface area (Å²) in [5, 5.41) is 7.82. The Morgan fingerprint density at radius 3 is 2.50 bits per heavy atom. The molecule has 1 aliphatic rings. The van der Waals surface area contributed by atoms with E-state index in [1.54, 1.807) is 6.07 Å². The average Bonchev–Trinajstić information content (AvgIpc) is 2.56. The van der Waals surface area contributed by atoms with Crippen molar-refractivity contribution in [1.82, 2.24) is 10.2 Å². The Balaban J connectivity index is 1.99. The number of nitrogens with zero attached hydrogens (tertiary/aromatic N) is 2. The van der Waals surface area contributed by atoms with Gasteiger partial charge in [0.1, 0.15) is 6.61 Å². The molecule has 100 valence electrons. The molecular formula is C12H17Cl2N3O. The van der Waals surface area contributed by atoms with Crippen LogP contribution in [0.3, 0.4) is 0 Å². The number of aromatic nitrogens is 2. The lowest BCUT2D eigenvalue weighted by Gasteiger charge is -2.27. The zero-order chi connectivity index (χ0) is 13.0. The predicted molar refractivity (Wildman–Crippen MR) is 72.2 cm³/mol. The molecule has 18 heavy (non-hydrogen) atoms. The number of nitrogens with two attached hydrogens (primary N) is 1. The zero-order valence-electron chi connectivity index (χ0n) is 10.2. The lowest BCUT2D eigenvalue weighted by molar-refractivity contribution is 0.199. The standard InChI is InChI=1S/C12H17Cl2N3O/c13-10-7-9(11(14)17-16-10)18-8-12(15)5-3-1-2-4-6-12/h7H,1-6,8,15H2. The van der Waals surface area contributed by atoms with E-state index in [-0.39, 0.29) is 15.8 Å². The summed E-state index contributed by atoms with van der Waals surface area (Å²) in [6.07, 6.45) is 6.78. The van der Waals surface area contributed by atoms with Gasteiger partial charge in [0.15, 0.2) is 16.1 Å². The summed E-state index contributed by atoms with van der Waals surface area (Å²) in [6, 6.07) is 1.57. The topological polar surface area (TPSA) is 61.0 Å². The smallest absolute Gasteiger partial charge is 0.193 e. The third kappa shape index (κ3) is 3.70. The van der Waals surface area contributed by atoms with Crippen LogP contribution in [0.1, 0.15) is 38.5 Å². The van der Waals surface area contributed by atoms with E-state index in [2.05, 4.69) is 10.2 Å². The molecule has 0 aliphatic heterocycles. The van der Waals surface area contributed by atoms with E-state index in [0.29, 0.717) is 12.4 Å². The molecular weight excluding hydrogens is 273 g/mol. The minimum Gasteiger partial charge on any atom is -0.488 e. The molecule has 1 aliphatic carbocycles. The Bertz CT molecular complexity index is 406. The van der Waals surface area contributed by atoms with Gasteiger partial charge in [-0.1, -0.05) is 48.9 Å². The first-order valence-electron chi connectivity index (χ1n) is 6.19. The Hall–Kier alpha value is -0.580. The Morgan fingerprint density at radius 1 is 1.17 bits per heavy atom. The van der Waals surface area contributed by atoms with E-state index < -0.39 is 0 Å². The van der Waals surface area contributed by atoms with E-state index in [4.69, 9.17) is 33.7 Å². The molecule has 0 spiro atoms. The second-order valence-electron chi connectivity index (χ2n) is 4.89. The second kappa shape index (κ2) is 6.04. The fourth-order valence-corrected chi connectivity index (χ4v) is 2.52. The number of hydrogen-bond donors (Lipinski definition) is 1. The molecule has 4 nitrogen and oxygen atoms in total. The minimum absolute atomic E-state index is 0.219. The highest BCUT2D eigenvalue weighted by Crippen LogP contribution is 2.28. The third-order valence-corrected chi connectivity index (χ3v) is 3.75. The van der Waals surface area contributed by atoms with Gasteiger partial charge in [0.2, 0.25) is 0 Å². The van der Waals surface area contributed by atoms with Crippen molar-refractivity contribution in [2.45, 2.75) is 44.1 Å². The lowest BCUT2D eigenvalue weighted by Crippen LogP contribution is -2.45. The van der Waals surface area contributed by atoms with Gasteiger partial charge in [-0.3, -0.25) is 0 Å². The van der Waals surface area contributed by atoms with Crippen molar-refractivity contribution in [1.29, 1.82) is 0 Å². The molecule has 0 saturated heterocycles. The molecule has 1 aromatic rings. The van der Waals surface area contributed by atoms with E-state index >= 15 is 0 Å². The summed E-state index contributed by atoms with van der Waals surface area (Å²) in [7, 11) is 0. The second-order valence-corrected chi connectivity index (χ2v) is 5.63. The van der Waals surface area contributed by atoms with Crippen molar-refractivity contribution >= 4 is 23.2 Å². The third-order valence-electron chi connectivity index (χ3n) is 3.30. The fraction of sp³-hybridized carbons (Fsp3) is 0.667. The molecule has 0 radical (unpaired) electrons. The molecule has 6 heteroatoms. The summed E-state index contributed by atoms with van der Waals surface area (Å²) in [5.74, 6) is 0.450. The van der Waals surface area contributed by atoms with Gasteiger partial charge in [0.05, 0.1) is 5.54 Å². The average molecular weight is 290 g/mol. The SMILES string of the molecule is NC1(COc2cc(Cl)nnc2Cl)CCCCCC1. The van der Waals surface area contributed by atoms with Crippen LogP contribution in [0.25, 0.3) is 0 Å². The van der Waals surface area contributed by atoms with Crippen LogP contribution < -0.4 is 10.5 Å². The van der Waals surface area contributed by atoms with Gasteiger partial charge in [-0.2, -0.15) is 0 Å². The van der Waals surface area contributed by atoms with Gasteiger partial charge < -0.3 is 10.5 Å². The minimum atomic E-state index is -0.268.